The fourth-order valence-corrected chi connectivity index (χ4v) is 1.31. The molecule has 4 unspecified atom stereocenters. The van der Waals surface area contributed by atoms with E-state index in [-0.39, 0.29) is 12.7 Å². The van der Waals surface area contributed by atoms with Crippen molar-refractivity contribution in [2.75, 3.05) is 6.61 Å². The molecule has 3 N–H and O–H groups in total. The molecule has 0 radical (unpaired) electrons. The molecule has 0 aromatic carbocycles. The number of ether oxygens (including phenoxy) is 1. The highest BCUT2D eigenvalue weighted by Crippen LogP contribution is 2.22. The first-order valence-electron chi connectivity index (χ1n) is 3.83. The van der Waals surface area contributed by atoms with Gasteiger partial charge in [0.2, 0.25) is 0 Å². The second kappa shape index (κ2) is 3.49. The summed E-state index contributed by atoms with van der Waals surface area (Å²) in [6, 6.07) is 0. The van der Waals surface area contributed by atoms with Gasteiger partial charge in [0, 0.05) is 0 Å². The quantitative estimate of drug-likeness (QED) is 0.481. The first kappa shape index (κ1) is 8.93. The van der Waals surface area contributed by atoms with E-state index >= 15 is 0 Å². The van der Waals surface area contributed by atoms with E-state index in [1.54, 1.807) is 0 Å². The van der Waals surface area contributed by atoms with E-state index in [0.29, 0.717) is 6.42 Å². The molecule has 4 heteroatoms. The van der Waals surface area contributed by atoms with E-state index in [4.69, 9.17) is 9.84 Å². The molecule has 0 aromatic heterocycles. The van der Waals surface area contributed by atoms with Crippen molar-refractivity contribution in [2.24, 2.45) is 0 Å². The maximum absolute atomic E-state index is 9.27. The third-order valence-corrected chi connectivity index (χ3v) is 2.04. The Balaban J connectivity index is 2.53. The summed E-state index contributed by atoms with van der Waals surface area (Å²) in [5, 5.41) is 27.2. The van der Waals surface area contributed by atoms with Crippen LogP contribution in [0, 0.1) is 0 Å². The van der Waals surface area contributed by atoms with Gasteiger partial charge in [0.1, 0.15) is 18.3 Å². The predicted octanol–water partition coefficient (Wildman–Crippen LogP) is -1.12. The second-order valence-corrected chi connectivity index (χ2v) is 2.78. The largest absolute Gasteiger partial charge is 0.394 e. The summed E-state index contributed by atoms with van der Waals surface area (Å²) in [6.45, 7) is 1.62. The molecule has 0 aliphatic carbocycles. The molecule has 0 bridgehead atoms. The highest BCUT2D eigenvalue weighted by Gasteiger charge is 2.40. The molecule has 0 amide bonds. The minimum Gasteiger partial charge on any atom is -0.394 e. The van der Waals surface area contributed by atoms with Crippen LogP contribution in [0.1, 0.15) is 13.3 Å². The van der Waals surface area contributed by atoms with Crippen LogP contribution in [0.2, 0.25) is 0 Å². The van der Waals surface area contributed by atoms with Gasteiger partial charge in [-0.25, -0.2) is 0 Å². The topological polar surface area (TPSA) is 69.9 Å². The lowest BCUT2D eigenvalue weighted by molar-refractivity contribution is -0.0226. The number of aliphatic hydroxyl groups is 3. The van der Waals surface area contributed by atoms with Gasteiger partial charge in [-0.3, -0.25) is 0 Å². The van der Waals surface area contributed by atoms with E-state index in [1.807, 2.05) is 6.92 Å². The molecule has 4 atom stereocenters. The van der Waals surface area contributed by atoms with Gasteiger partial charge >= 0.3 is 0 Å². The SMILES string of the molecule is CCC1OC(CO)C(O)C1O. The van der Waals surface area contributed by atoms with Crippen LogP contribution in [0.5, 0.6) is 0 Å². The van der Waals surface area contributed by atoms with Crippen molar-refractivity contribution >= 4 is 0 Å². The Morgan fingerprint density at radius 1 is 1.18 bits per heavy atom. The fraction of sp³-hybridized carbons (Fsp3) is 1.00. The van der Waals surface area contributed by atoms with Crippen LogP contribution in [0.25, 0.3) is 0 Å². The van der Waals surface area contributed by atoms with Gasteiger partial charge in [0.15, 0.2) is 0 Å². The van der Waals surface area contributed by atoms with Gasteiger partial charge in [-0.1, -0.05) is 6.92 Å². The summed E-state index contributed by atoms with van der Waals surface area (Å²) in [4.78, 5) is 0. The van der Waals surface area contributed by atoms with Gasteiger partial charge in [-0.15, -0.1) is 0 Å². The van der Waals surface area contributed by atoms with Crippen LogP contribution in [0.3, 0.4) is 0 Å². The third kappa shape index (κ3) is 1.54. The van der Waals surface area contributed by atoms with Crippen molar-refractivity contribution in [2.45, 2.75) is 37.8 Å². The molecule has 1 fully saturated rings. The summed E-state index contributed by atoms with van der Waals surface area (Å²) in [5.41, 5.74) is 0. The lowest BCUT2D eigenvalue weighted by Gasteiger charge is -2.11. The van der Waals surface area contributed by atoms with Gasteiger partial charge in [-0.2, -0.15) is 0 Å². The van der Waals surface area contributed by atoms with Crippen molar-refractivity contribution in [1.82, 2.24) is 0 Å². The maximum atomic E-state index is 9.27. The van der Waals surface area contributed by atoms with Crippen molar-refractivity contribution < 1.29 is 20.1 Å². The Morgan fingerprint density at radius 3 is 2.00 bits per heavy atom. The van der Waals surface area contributed by atoms with Crippen LogP contribution in [-0.2, 0) is 4.74 Å². The maximum Gasteiger partial charge on any atom is 0.111 e. The Hall–Kier alpha value is -0.160. The van der Waals surface area contributed by atoms with Gasteiger partial charge in [-0.05, 0) is 6.42 Å². The van der Waals surface area contributed by atoms with Crippen LogP contribution in [0.15, 0.2) is 0 Å². The predicted molar refractivity (Wildman–Crippen MR) is 38.1 cm³/mol. The standard InChI is InChI=1S/C7H14O4/c1-2-4-6(9)7(10)5(3-8)11-4/h4-10H,2-3H2,1H3. The van der Waals surface area contributed by atoms with E-state index in [0.717, 1.165) is 0 Å². The van der Waals surface area contributed by atoms with Gasteiger partial charge in [0.25, 0.3) is 0 Å². The summed E-state index contributed by atoms with van der Waals surface area (Å²) in [5.74, 6) is 0. The lowest BCUT2D eigenvalue weighted by atomic mass is 10.1. The molecule has 1 saturated heterocycles. The summed E-state index contributed by atoms with van der Waals surface area (Å²) in [6.07, 6.45) is -2.09. The van der Waals surface area contributed by atoms with E-state index in [9.17, 15) is 10.2 Å². The average Bonchev–Trinajstić information content (AvgIpc) is 2.30. The van der Waals surface area contributed by atoms with Crippen LogP contribution < -0.4 is 0 Å². The molecule has 0 aromatic rings. The van der Waals surface area contributed by atoms with Gasteiger partial charge in [0.05, 0.1) is 12.7 Å². The first-order chi connectivity index (χ1) is 5.20. The highest BCUT2D eigenvalue weighted by atomic mass is 16.6. The molecule has 4 nitrogen and oxygen atoms in total. The zero-order valence-electron chi connectivity index (χ0n) is 6.47. The minimum absolute atomic E-state index is 0.241. The molecule has 0 spiro atoms. The summed E-state index contributed by atoms with van der Waals surface area (Å²) in [7, 11) is 0. The number of aliphatic hydroxyl groups excluding tert-OH is 3. The molecule has 0 saturated carbocycles. The molecular formula is C7H14O4. The molecule has 11 heavy (non-hydrogen) atoms. The molecule has 1 heterocycles. The summed E-state index contributed by atoms with van der Waals surface area (Å²) >= 11 is 0. The molecule has 1 aliphatic rings. The zero-order chi connectivity index (χ0) is 8.43. The number of hydrogen-bond acceptors (Lipinski definition) is 4. The molecule has 1 rings (SSSR count). The van der Waals surface area contributed by atoms with Crippen molar-refractivity contribution in [3.63, 3.8) is 0 Å². The normalized spacial score (nSPS) is 44.7. The van der Waals surface area contributed by atoms with E-state index < -0.39 is 18.3 Å². The third-order valence-electron chi connectivity index (χ3n) is 2.04. The number of rotatable bonds is 2. The van der Waals surface area contributed by atoms with Crippen molar-refractivity contribution in [1.29, 1.82) is 0 Å². The van der Waals surface area contributed by atoms with Gasteiger partial charge < -0.3 is 20.1 Å². The van der Waals surface area contributed by atoms with Crippen LogP contribution in [0.4, 0.5) is 0 Å². The Kier molecular flexibility index (Phi) is 2.84. The Bertz CT molecular complexity index is 110. The lowest BCUT2D eigenvalue weighted by Crippen LogP contribution is -2.33. The van der Waals surface area contributed by atoms with Crippen molar-refractivity contribution in [3.05, 3.63) is 0 Å². The first-order valence-corrected chi connectivity index (χ1v) is 3.83. The van der Waals surface area contributed by atoms with E-state index in [2.05, 4.69) is 0 Å². The molecule has 1 aliphatic heterocycles. The molecule has 66 valence electrons. The summed E-state index contributed by atoms with van der Waals surface area (Å²) < 4.78 is 5.13. The smallest absolute Gasteiger partial charge is 0.111 e. The highest BCUT2D eigenvalue weighted by molar-refractivity contribution is 4.89. The van der Waals surface area contributed by atoms with Crippen LogP contribution >= 0.6 is 0 Å². The molecular weight excluding hydrogens is 148 g/mol. The van der Waals surface area contributed by atoms with Crippen molar-refractivity contribution in [3.8, 4) is 0 Å². The zero-order valence-corrected chi connectivity index (χ0v) is 6.47. The monoisotopic (exact) mass is 162 g/mol. The van der Waals surface area contributed by atoms with E-state index in [1.165, 1.54) is 0 Å². The number of hydrogen-bond donors (Lipinski definition) is 3. The minimum atomic E-state index is -0.940. The fourth-order valence-electron chi connectivity index (χ4n) is 1.31. The van der Waals surface area contributed by atoms with Crippen LogP contribution in [-0.4, -0.2) is 46.3 Å². The second-order valence-electron chi connectivity index (χ2n) is 2.78. The average molecular weight is 162 g/mol. The Labute approximate surface area is 65.4 Å². The Morgan fingerprint density at radius 2 is 1.73 bits per heavy atom.